The van der Waals surface area contributed by atoms with Crippen molar-refractivity contribution in [1.29, 1.82) is 0 Å². The summed E-state index contributed by atoms with van der Waals surface area (Å²) in [5.41, 5.74) is 2.02. The standard InChI is InChI=1S/C15H12ClN3S/c1-20-14-5-3-2-4-13(14)15-17-10-18-19(15)12-8-6-11(16)7-9-12/h2-10H,1H3. The fourth-order valence-corrected chi connectivity index (χ4v) is 2.75. The second-order valence-corrected chi connectivity index (χ2v) is 5.46. The van der Waals surface area contributed by atoms with Crippen LogP contribution in [-0.2, 0) is 0 Å². The van der Waals surface area contributed by atoms with E-state index in [0.717, 1.165) is 17.1 Å². The molecule has 0 aliphatic carbocycles. The van der Waals surface area contributed by atoms with Crippen molar-refractivity contribution in [3.05, 3.63) is 59.9 Å². The van der Waals surface area contributed by atoms with E-state index in [1.165, 1.54) is 4.90 Å². The van der Waals surface area contributed by atoms with Crippen LogP contribution in [0.1, 0.15) is 0 Å². The highest BCUT2D eigenvalue weighted by Crippen LogP contribution is 2.29. The average molecular weight is 302 g/mol. The number of halogens is 1. The van der Waals surface area contributed by atoms with Gasteiger partial charge in [-0.25, -0.2) is 9.67 Å². The van der Waals surface area contributed by atoms with E-state index in [1.807, 2.05) is 41.1 Å². The van der Waals surface area contributed by atoms with E-state index in [-0.39, 0.29) is 0 Å². The highest BCUT2D eigenvalue weighted by atomic mass is 35.5. The summed E-state index contributed by atoms with van der Waals surface area (Å²) in [6.07, 6.45) is 3.63. The summed E-state index contributed by atoms with van der Waals surface area (Å²) in [7, 11) is 0. The first kappa shape index (κ1) is 13.2. The maximum absolute atomic E-state index is 5.93. The molecule has 0 N–H and O–H groups in total. The van der Waals surface area contributed by atoms with Crippen molar-refractivity contribution in [3.63, 3.8) is 0 Å². The molecule has 0 bridgehead atoms. The molecular weight excluding hydrogens is 290 g/mol. The zero-order chi connectivity index (χ0) is 13.9. The Labute approximate surface area is 126 Å². The highest BCUT2D eigenvalue weighted by Gasteiger charge is 2.12. The summed E-state index contributed by atoms with van der Waals surface area (Å²) in [5.74, 6) is 0.831. The normalized spacial score (nSPS) is 10.7. The van der Waals surface area contributed by atoms with E-state index in [4.69, 9.17) is 11.6 Å². The van der Waals surface area contributed by atoms with Crippen molar-refractivity contribution in [3.8, 4) is 17.1 Å². The van der Waals surface area contributed by atoms with Gasteiger partial charge in [0.15, 0.2) is 5.82 Å². The molecule has 100 valence electrons. The Morgan fingerprint density at radius 1 is 1.05 bits per heavy atom. The smallest absolute Gasteiger partial charge is 0.164 e. The van der Waals surface area contributed by atoms with Gasteiger partial charge in [0.2, 0.25) is 0 Å². The van der Waals surface area contributed by atoms with Gasteiger partial charge in [-0.15, -0.1) is 11.8 Å². The lowest BCUT2D eigenvalue weighted by atomic mass is 10.2. The van der Waals surface area contributed by atoms with Crippen molar-refractivity contribution in [1.82, 2.24) is 14.8 Å². The lowest BCUT2D eigenvalue weighted by molar-refractivity contribution is 0.885. The Morgan fingerprint density at radius 2 is 1.80 bits per heavy atom. The fraction of sp³-hybridized carbons (Fsp3) is 0.0667. The molecule has 3 nitrogen and oxygen atoms in total. The van der Waals surface area contributed by atoms with Gasteiger partial charge in [-0.2, -0.15) is 5.10 Å². The van der Waals surface area contributed by atoms with E-state index < -0.39 is 0 Å². The van der Waals surface area contributed by atoms with Crippen molar-refractivity contribution in [2.75, 3.05) is 6.26 Å². The van der Waals surface area contributed by atoms with E-state index in [0.29, 0.717) is 5.02 Å². The van der Waals surface area contributed by atoms with Gasteiger partial charge in [-0.1, -0.05) is 29.8 Å². The minimum absolute atomic E-state index is 0.708. The largest absolute Gasteiger partial charge is 0.215 e. The quantitative estimate of drug-likeness (QED) is 0.675. The summed E-state index contributed by atoms with van der Waals surface area (Å²) in [6.45, 7) is 0. The fourth-order valence-electron chi connectivity index (χ4n) is 2.03. The minimum atomic E-state index is 0.708. The van der Waals surface area contributed by atoms with Crippen LogP contribution in [0.15, 0.2) is 59.8 Å². The highest BCUT2D eigenvalue weighted by molar-refractivity contribution is 7.98. The van der Waals surface area contributed by atoms with Crippen LogP contribution >= 0.6 is 23.4 Å². The summed E-state index contributed by atoms with van der Waals surface area (Å²) < 4.78 is 1.82. The first-order valence-corrected chi connectivity index (χ1v) is 7.69. The maximum Gasteiger partial charge on any atom is 0.164 e. The number of aromatic nitrogens is 3. The molecule has 3 rings (SSSR count). The van der Waals surface area contributed by atoms with Crippen LogP contribution in [0, 0.1) is 0 Å². The second kappa shape index (κ2) is 5.69. The van der Waals surface area contributed by atoms with Gasteiger partial charge in [0.1, 0.15) is 6.33 Å². The molecule has 5 heteroatoms. The molecule has 0 saturated heterocycles. The molecule has 0 aliphatic rings. The number of nitrogens with zero attached hydrogens (tertiary/aromatic N) is 3. The van der Waals surface area contributed by atoms with Crippen LogP contribution in [0.4, 0.5) is 0 Å². The number of benzene rings is 2. The van der Waals surface area contributed by atoms with Gasteiger partial charge in [0.25, 0.3) is 0 Å². The molecule has 3 aromatic rings. The van der Waals surface area contributed by atoms with Crippen molar-refractivity contribution < 1.29 is 0 Å². The SMILES string of the molecule is CSc1ccccc1-c1ncnn1-c1ccc(Cl)cc1. The summed E-state index contributed by atoms with van der Waals surface area (Å²) in [5, 5.41) is 5.03. The lowest BCUT2D eigenvalue weighted by Gasteiger charge is -2.09. The maximum atomic E-state index is 5.93. The topological polar surface area (TPSA) is 30.7 Å². The molecule has 0 saturated carbocycles. The van der Waals surface area contributed by atoms with Crippen LogP contribution in [0.5, 0.6) is 0 Å². The van der Waals surface area contributed by atoms with Gasteiger partial charge in [0, 0.05) is 15.5 Å². The number of hydrogen-bond donors (Lipinski definition) is 0. The Morgan fingerprint density at radius 3 is 2.55 bits per heavy atom. The van der Waals surface area contributed by atoms with Crippen LogP contribution in [0.2, 0.25) is 5.02 Å². The zero-order valence-electron chi connectivity index (χ0n) is 10.8. The Balaban J connectivity index is 2.13. The molecule has 2 aromatic carbocycles. The second-order valence-electron chi connectivity index (χ2n) is 4.17. The third-order valence-corrected chi connectivity index (χ3v) is 4.01. The van der Waals surface area contributed by atoms with Crippen molar-refractivity contribution in [2.45, 2.75) is 4.90 Å². The molecular formula is C15H12ClN3S. The molecule has 0 spiro atoms. The van der Waals surface area contributed by atoms with Gasteiger partial charge < -0.3 is 0 Å². The average Bonchev–Trinajstić information content (AvgIpc) is 2.97. The third-order valence-electron chi connectivity index (χ3n) is 2.97. The number of hydrogen-bond acceptors (Lipinski definition) is 3. The van der Waals surface area contributed by atoms with Crippen molar-refractivity contribution in [2.24, 2.45) is 0 Å². The third kappa shape index (κ3) is 2.44. The predicted octanol–water partition coefficient (Wildman–Crippen LogP) is 4.31. The van der Waals surface area contributed by atoms with Crippen LogP contribution in [-0.4, -0.2) is 21.0 Å². The van der Waals surface area contributed by atoms with Crippen LogP contribution in [0.3, 0.4) is 0 Å². The minimum Gasteiger partial charge on any atom is -0.215 e. The Hall–Kier alpha value is -1.78. The van der Waals surface area contributed by atoms with Gasteiger partial charge in [-0.3, -0.25) is 0 Å². The lowest BCUT2D eigenvalue weighted by Crippen LogP contribution is -2.00. The zero-order valence-corrected chi connectivity index (χ0v) is 12.4. The molecule has 1 heterocycles. The summed E-state index contributed by atoms with van der Waals surface area (Å²) in [6, 6.07) is 15.7. The first-order chi connectivity index (χ1) is 9.79. The molecule has 0 radical (unpaired) electrons. The first-order valence-electron chi connectivity index (χ1n) is 6.09. The summed E-state index contributed by atoms with van der Waals surface area (Å²) >= 11 is 7.63. The van der Waals surface area contributed by atoms with Crippen molar-refractivity contribution >= 4 is 23.4 Å². The number of rotatable bonds is 3. The monoisotopic (exact) mass is 301 g/mol. The van der Waals surface area contributed by atoms with Crippen LogP contribution in [0.25, 0.3) is 17.1 Å². The molecule has 0 fully saturated rings. The summed E-state index contributed by atoms with van der Waals surface area (Å²) in [4.78, 5) is 5.58. The van der Waals surface area contributed by atoms with Crippen LogP contribution < -0.4 is 0 Å². The van der Waals surface area contributed by atoms with Gasteiger partial charge in [-0.05, 0) is 36.6 Å². The predicted molar refractivity (Wildman–Crippen MR) is 83.6 cm³/mol. The Kier molecular flexibility index (Phi) is 3.76. The van der Waals surface area contributed by atoms with E-state index in [2.05, 4.69) is 28.5 Å². The van der Waals surface area contributed by atoms with Gasteiger partial charge in [0.05, 0.1) is 5.69 Å². The molecule has 0 atom stereocenters. The van der Waals surface area contributed by atoms with Gasteiger partial charge >= 0.3 is 0 Å². The van der Waals surface area contributed by atoms with E-state index in [9.17, 15) is 0 Å². The molecule has 0 aliphatic heterocycles. The van der Waals surface area contributed by atoms with E-state index in [1.54, 1.807) is 18.1 Å². The molecule has 20 heavy (non-hydrogen) atoms. The number of thioether (sulfide) groups is 1. The molecule has 1 aromatic heterocycles. The Bertz CT molecular complexity index is 722. The van der Waals surface area contributed by atoms with E-state index >= 15 is 0 Å². The molecule has 0 amide bonds. The molecule has 0 unspecified atom stereocenters.